The van der Waals surface area contributed by atoms with Crippen LogP contribution in [0.1, 0.15) is 22.7 Å². The Morgan fingerprint density at radius 1 is 1.18 bits per heavy atom. The fourth-order valence-corrected chi connectivity index (χ4v) is 3.84. The minimum atomic E-state index is 0.109. The summed E-state index contributed by atoms with van der Waals surface area (Å²) in [5.41, 5.74) is 6.05. The van der Waals surface area contributed by atoms with E-state index in [0.717, 1.165) is 23.1 Å². The van der Waals surface area contributed by atoms with Gasteiger partial charge in [0.05, 0.1) is 23.6 Å². The number of aryl methyl sites for hydroxylation is 1. The first-order valence-electron chi connectivity index (χ1n) is 7.76. The maximum atomic E-state index is 12.9. The molecule has 1 fully saturated rings. The lowest BCUT2D eigenvalue weighted by Gasteiger charge is -2.13. The van der Waals surface area contributed by atoms with Gasteiger partial charge in [-0.15, -0.1) is 0 Å². The largest absolute Gasteiger partial charge is 0.329 e. The summed E-state index contributed by atoms with van der Waals surface area (Å²) in [6, 6.07) is 15.3. The Morgan fingerprint density at radius 2 is 2.00 bits per heavy atom. The number of aromatic nitrogens is 2. The second-order valence-corrected chi connectivity index (χ2v) is 6.38. The smallest absolute Gasteiger partial charge is 0.302 e. The molecule has 4 heteroatoms. The van der Waals surface area contributed by atoms with E-state index in [4.69, 9.17) is 0 Å². The van der Waals surface area contributed by atoms with E-state index in [-0.39, 0.29) is 5.69 Å². The second kappa shape index (κ2) is 4.11. The lowest BCUT2D eigenvalue weighted by atomic mass is 9.99. The molecule has 2 aliphatic rings. The molecule has 2 atom stereocenters. The third-order valence-electron chi connectivity index (χ3n) is 5.00. The molecular weight excluding hydrogens is 274 g/mol. The van der Waals surface area contributed by atoms with Gasteiger partial charge in [0, 0.05) is 12.6 Å². The molecule has 5 rings (SSSR count). The van der Waals surface area contributed by atoms with Crippen molar-refractivity contribution >= 4 is 11.0 Å². The van der Waals surface area contributed by atoms with Crippen LogP contribution in [0.5, 0.6) is 0 Å². The van der Waals surface area contributed by atoms with Crippen molar-refractivity contribution in [1.82, 2.24) is 14.5 Å². The van der Waals surface area contributed by atoms with Crippen molar-refractivity contribution in [3.8, 4) is 0 Å². The van der Waals surface area contributed by atoms with Gasteiger partial charge in [-0.2, -0.15) is 0 Å². The number of imidazole rings is 1. The molecule has 0 unspecified atom stereocenters. The Kier molecular flexibility index (Phi) is 2.29. The highest BCUT2D eigenvalue weighted by Crippen LogP contribution is 2.41. The average Bonchev–Trinajstić information content (AvgIpc) is 3.27. The molecule has 0 spiro atoms. The highest BCUT2D eigenvalue weighted by Gasteiger charge is 2.44. The normalized spacial score (nSPS) is 21.9. The van der Waals surface area contributed by atoms with E-state index in [9.17, 15) is 4.79 Å². The Hall–Kier alpha value is -2.33. The van der Waals surface area contributed by atoms with E-state index in [1.165, 1.54) is 11.1 Å². The predicted octanol–water partition coefficient (Wildman–Crippen LogP) is 2.19. The minimum absolute atomic E-state index is 0.109. The topological polar surface area (TPSA) is 48.9 Å². The molecule has 3 aromatic rings. The van der Waals surface area contributed by atoms with E-state index >= 15 is 0 Å². The van der Waals surface area contributed by atoms with Crippen LogP contribution in [-0.4, -0.2) is 15.2 Å². The number of benzene rings is 2. The number of nitrogens with one attached hydrogen (secondary N) is 1. The van der Waals surface area contributed by atoms with Crippen molar-refractivity contribution in [1.29, 1.82) is 0 Å². The van der Waals surface area contributed by atoms with Gasteiger partial charge in [0.15, 0.2) is 0 Å². The maximum absolute atomic E-state index is 12.9. The van der Waals surface area contributed by atoms with Crippen LogP contribution in [0.15, 0.2) is 47.3 Å². The minimum Gasteiger partial charge on any atom is -0.302 e. The lowest BCUT2D eigenvalue weighted by Crippen LogP contribution is -2.27. The fourth-order valence-electron chi connectivity index (χ4n) is 3.84. The molecule has 1 aromatic heterocycles. The van der Waals surface area contributed by atoms with Crippen LogP contribution in [0.3, 0.4) is 0 Å². The summed E-state index contributed by atoms with van der Waals surface area (Å²) in [5.74, 6) is 0. The zero-order valence-electron chi connectivity index (χ0n) is 12.4. The SMILES string of the molecule is Cc1ccc2c3c1[C@H]1N[C@H]1Cn3c(=O)n2Cc1ccccc1. The summed E-state index contributed by atoms with van der Waals surface area (Å²) in [7, 11) is 0. The summed E-state index contributed by atoms with van der Waals surface area (Å²) in [4.78, 5) is 12.9. The number of nitrogens with zero attached hydrogens (tertiary/aromatic N) is 2. The van der Waals surface area contributed by atoms with E-state index in [2.05, 4.69) is 36.5 Å². The molecule has 22 heavy (non-hydrogen) atoms. The van der Waals surface area contributed by atoms with Crippen LogP contribution in [0.25, 0.3) is 11.0 Å². The van der Waals surface area contributed by atoms with Crippen LogP contribution in [-0.2, 0) is 13.1 Å². The van der Waals surface area contributed by atoms with Gasteiger partial charge in [-0.1, -0.05) is 36.4 Å². The number of rotatable bonds is 2. The monoisotopic (exact) mass is 291 g/mol. The zero-order valence-corrected chi connectivity index (χ0v) is 12.4. The molecule has 0 radical (unpaired) electrons. The van der Waals surface area contributed by atoms with E-state index < -0.39 is 0 Å². The molecule has 2 aliphatic heterocycles. The summed E-state index contributed by atoms with van der Waals surface area (Å²) in [5, 5.41) is 3.49. The van der Waals surface area contributed by atoms with Crippen LogP contribution in [0, 0.1) is 6.92 Å². The molecule has 0 aliphatic carbocycles. The first kappa shape index (κ1) is 12.2. The Balaban J connectivity index is 1.78. The van der Waals surface area contributed by atoms with Crippen molar-refractivity contribution in [2.75, 3.05) is 0 Å². The zero-order chi connectivity index (χ0) is 14.8. The molecular formula is C18H17N3O. The predicted molar refractivity (Wildman–Crippen MR) is 86.1 cm³/mol. The molecule has 2 aromatic carbocycles. The number of hydrogen-bond acceptors (Lipinski definition) is 2. The molecule has 0 bridgehead atoms. The van der Waals surface area contributed by atoms with Crippen molar-refractivity contribution in [2.24, 2.45) is 0 Å². The number of fused-ring (bicyclic) bond motifs is 2. The summed E-state index contributed by atoms with van der Waals surface area (Å²) in [6.07, 6.45) is 0. The van der Waals surface area contributed by atoms with E-state index in [1.807, 2.05) is 27.3 Å². The average molecular weight is 291 g/mol. The summed E-state index contributed by atoms with van der Waals surface area (Å²) >= 11 is 0. The highest BCUT2D eigenvalue weighted by molar-refractivity contribution is 5.83. The first-order chi connectivity index (χ1) is 10.7. The van der Waals surface area contributed by atoms with Crippen LogP contribution < -0.4 is 11.0 Å². The van der Waals surface area contributed by atoms with Gasteiger partial charge >= 0.3 is 5.69 Å². The van der Waals surface area contributed by atoms with Crippen LogP contribution in [0.4, 0.5) is 0 Å². The van der Waals surface area contributed by atoms with Gasteiger partial charge in [-0.25, -0.2) is 4.79 Å². The first-order valence-corrected chi connectivity index (χ1v) is 7.76. The van der Waals surface area contributed by atoms with E-state index in [1.54, 1.807) is 0 Å². The maximum Gasteiger partial charge on any atom is 0.329 e. The fraction of sp³-hybridized carbons (Fsp3) is 0.278. The van der Waals surface area contributed by atoms with Crippen molar-refractivity contribution < 1.29 is 0 Å². The quantitative estimate of drug-likeness (QED) is 0.736. The van der Waals surface area contributed by atoms with Gasteiger partial charge in [0.1, 0.15) is 0 Å². The lowest BCUT2D eigenvalue weighted by molar-refractivity contribution is 0.623. The number of hydrogen-bond donors (Lipinski definition) is 1. The standard InChI is InChI=1S/C18H17N3O/c1-11-7-8-14-17-15(11)16-13(19-16)10-21(17)18(22)20(14)9-12-5-3-2-4-6-12/h2-8,13,16,19H,9-10H2,1H3/t13-,16-/m0/s1. The summed E-state index contributed by atoms with van der Waals surface area (Å²) in [6.45, 7) is 3.56. The van der Waals surface area contributed by atoms with Gasteiger partial charge in [-0.05, 0) is 29.7 Å². The molecule has 0 amide bonds. The Bertz CT molecular complexity index is 952. The van der Waals surface area contributed by atoms with Crippen LogP contribution in [0.2, 0.25) is 0 Å². The summed E-state index contributed by atoms with van der Waals surface area (Å²) < 4.78 is 3.88. The van der Waals surface area contributed by atoms with Crippen molar-refractivity contribution in [3.63, 3.8) is 0 Å². The third kappa shape index (κ3) is 1.53. The van der Waals surface area contributed by atoms with Gasteiger partial charge in [0.25, 0.3) is 0 Å². The van der Waals surface area contributed by atoms with Gasteiger partial charge in [-0.3, -0.25) is 9.13 Å². The van der Waals surface area contributed by atoms with E-state index in [0.29, 0.717) is 18.6 Å². The Labute approximate surface area is 128 Å². The second-order valence-electron chi connectivity index (χ2n) is 6.38. The molecule has 110 valence electrons. The molecule has 1 N–H and O–H groups in total. The molecule has 1 saturated heterocycles. The molecule has 3 heterocycles. The van der Waals surface area contributed by atoms with Gasteiger partial charge in [0.2, 0.25) is 0 Å². The Morgan fingerprint density at radius 3 is 2.82 bits per heavy atom. The third-order valence-corrected chi connectivity index (χ3v) is 5.00. The van der Waals surface area contributed by atoms with Crippen LogP contribution >= 0.6 is 0 Å². The van der Waals surface area contributed by atoms with Gasteiger partial charge < -0.3 is 5.32 Å². The highest BCUT2D eigenvalue weighted by atomic mass is 16.1. The molecule has 4 nitrogen and oxygen atoms in total. The van der Waals surface area contributed by atoms with Crippen molar-refractivity contribution in [3.05, 3.63) is 69.6 Å². The van der Waals surface area contributed by atoms with Crippen molar-refractivity contribution in [2.45, 2.75) is 32.1 Å². The molecule has 0 saturated carbocycles.